The van der Waals surface area contributed by atoms with E-state index in [0.29, 0.717) is 12.3 Å². The van der Waals surface area contributed by atoms with Crippen molar-refractivity contribution in [2.24, 2.45) is 5.92 Å². The van der Waals surface area contributed by atoms with E-state index < -0.39 is 0 Å². The summed E-state index contributed by atoms with van der Waals surface area (Å²) in [5.74, 6) is 1.26. The maximum Gasteiger partial charge on any atom is 0.163 e. The zero-order valence-corrected chi connectivity index (χ0v) is 7.51. The van der Waals surface area contributed by atoms with E-state index in [2.05, 4.69) is 5.32 Å². The van der Waals surface area contributed by atoms with Crippen LogP contribution in [-0.4, -0.2) is 18.4 Å². The van der Waals surface area contributed by atoms with E-state index in [1.807, 2.05) is 0 Å². The molecule has 0 aromatic carbocycles. The Balaban J connectivity index is 1.74. The normalized spacial score (nSPS) is 31.7. The smallest absolute Gasteiger partial charge is 0.163 e. The Hall–Kier alpha value is -0.370. The summed E-state index contributed by atoms with van der Waals surface area (Å²) in [6, 6.07) is 0.230. The second-order valence-corrected chi connectivity index (χ2v) is 4.14. The molecule has 1 unspecified atom stereocenters. The van der Waals surface area contributed by atoms with Crippen molar-refractivity contribution in [2.45, 2.75) is 44.6 Å². The Morgan fingerprint density at radius 3 is 2.50 bits per heavy atom. The first-order valence-corrected chi connectivity index (χ1v) is 5.12. The fourth-order valence-electron chi connectivity index (χ4n) is 2.30. The van der Waals surface area contributed by atoms with Gasteiger partial charge in [-0.25, -0.2) is 0 Å². The van der Waals surface area contributed by atoms with Crippen LogP contribution >= 0.6 is 0 Å². The lowest BCUT2D eigenvalue weighted by molar-refractivity contribution is -0.126. The lowest BCUT2D eigenvalue weighted by atomic mass is 9.82. The van der Waals surface area contributed by atoms with Crippen molar-refractivity contribution >= 4 is 5.78 Å². The van der Waals surface area contributed by atoms with Crippen LogP contribution in [0, 0.1) is 5.92 Å². The van der Waals surface area contributed by atoms with Gasteiger partial charge in [-0.2, -0.15) is 0 Å². The van der Waals surface area contributed by atoms with Crippen LogP contribution in [0.3, 0.4) is 0 Å². The van der Waals surface area contributed by atoms with Gasteiger partial charge in [0.25, 0.3) is 0 Å². The van der Waals surface area contributed by atoms with Crippen molar-refractivity contribution in [1.29, 1.82) is 0 Å². The van der Waals surface area contributed by atoms with Crippen molar-refractivity contribution in [3.8, 4) is 0 Å². The maximum absolute atomic E-state index is 11.0. The summed E-state index contributed by atoms with van der Waals surface area (Å²) in [5, 5.41) is 3.19. The van der Waals surface area contributed by atoms with Crippen molar-refractivity contribution in [2.75, 3.05) is 6.54 Å². The Morgan fingerprint density at radius 1 is 1.25 bits per heavy atom. The monoisotopic (exact) mass is 167 g/mol. The van der Waals surface area contributed by atoms with Crippen molar-refractivity contribution in [3.63, 3.8) is 0 Å². The molecule has 0 radical (unpaired) electrons. The van der Waals surface area contributed by atoms with Crippen LogP contribution in [0.5, 0.6) is 0 Å². The highest BCUT2D eigenvalue weighted by Crippen LogP contribution is 2.28. The number of ketones is 1. The van der Waals surface area contributed by atoms with E-state index in [1.54, 1.807) is 0 Å². The first-order chi connectivity index (χ1) is 5.86. The summed E-state index contributed by atoms with van der Waals surface area (Å²) < 4.78 is 0. The molecule has 0 spiro atoms. The van der Waals surface area contributed by atoms with E-state index >= 15 is 0 Å². The van der Waals surface area contributed by atoms with Gasteiger partial charge in [0.05, 0.1) is 12.6 Å². The van der Waals surface area contributed by atoms with Crippen LogP contribution in [0.25, 0.3) is 0 Å². The highest BCUT2D eigenvalue weighted by molar-refractivity contribution is 5.91. The van der Waals surface area contributed by atoms with E-state index in [0.717, 1.165) is 12.3 Å². The topological polar surface area (TPSA) is 29.1 Å². The van der Waals surface area contributed by atoms with Crippen molar-refractivity contribution in [1.82, 2.24) is 5.32 Å². The fraction of sp³-hybridized carbons (Fsp3) is 0.900. The predicted molar refractivity (Wildman–Crippen MR) is 48.0 cm³/mol. The molecule has 2 fully saturated rings. The van der Waals surface area contributed by atoms with Crippen LogP contribution in [-0.2, 0) is 4.79 Å². The molecular formula is C10H17NO. The maximum atomic E-state index is 11.0. The molecule has 1 atom stereocenters. The van der Waals surface area contributed by atoms with Gasteiger partial charge in [-0.1, -0.05) is 32.1 Å². The largest absolute Gasteiger partial charge is 0.300 e. The van der Waals surface area contributed by atoms with Gasteiger partial charge in [0.2, 0.25) is 0 Å². The summed E-state index contributed by atoms with van der Waals surface area (Å²) in [5.41, 5.74) is 0. The summed E-state index contributed by atoms with van der Waals surface area (Å²) in [7, 11) is 0. The number of nitrogens with one attached hydrogen (secondary N) is 1. The summed E-state index contributed by atoms with van der Waals surface area (Å²) in [4.78, 5) is 11.0. The summed E-state index contributed by atoms with van der Waals surface area (Å²) in [6.45, 7) is 0.622. The molecule has 0 amide bonds. The molecule has 1 N–H and O–H groups in total. The predicted octanol–water partition coefficient (Wildman–Crippen LogP) is 1.50. The molecular weight excluding hydrogens is 150 g/mol. The molecule has 2 heteroatoms. The molecule has 0 bridgehead atoms. The van der Waals surface area contributed by atoms with Crippen LogP contribution in [0.2, 0.25) is 0 Å². The average Bonchev–Trinajstić information content (AvgIpc) is 2.14. The minimum absolute atomic E-state index is 0.230. The van der Waals surface area contributed by atoms with Crippen molar-refractivity contribution < 1.29 is 4.79 Å². The molecule has 2 nitrogen and oxygen atoms in total. The number of hydrogen-bond acceptors (Lipinski definition) is 2. The third-order valence-electron chi connectivity index (χ3n) is 3.21. The zero-order chi connectivity index (χ0) is 8.39. The van der Waals surface area contributed by atoms with E-state index in [4.69, 9.17) is 0 Å². The minimum atomic E-state index is 0.230. The van der Waals surface area contributed by atoms with Crippen LogP contribution < -0.4 is 5.32 Å². The molecule has 0 aromatic heterocycles. The molecule has 12 heavy (non-hydrogen) atoms. The van der Waals surface area contributed by atoms with Gasteiger partial charge in [-0.15, -0.1) is 0 Å². The number of carbonyl (C=O) groups excluding carboxylic acids is 1. The van der Waals surface area contributed by atoms with Crippen LogP contribution in [0.4, 0.5) is 0 Å². The number of Topliss-reactive ketones (excluding diaryl/α,β-unsaturated/α-hetero) is 1. The molecule has 1 heterocycles. The van der Waals surface area contributed by atoms with E-state index in [-0.39, 0.29) is 6.04 Å². The first-order valence-electron chi connectivity index (χ1n) is 5.12. The molecule has 2 rings (SSSR count). The Labute approximate surface area is 73.7 Å². The van der Waals surface area contributed by atoms with Crippen LogP contribution in [0.15, 0.2) is 0 Å². The van der Waals surface area contributed by atoms with Gasteiger partial charge in [0.1, 0.15) is 0 Å². The quantitative estimate of drug-likeness (QED) is 0.675. The third-order valence-corrected chi connectivity index (χ3v) is 3.21. The van der Waals surface area contributed by atoms with E-state index in [9.17, 15) is 4.79 Å². The molecule has 1 saturated carbocycles. The van der Waals surface area contributed by atoms with E-state index in [1.165, 1.54) is 32.1 Å². The lowest BCUT2D eigenvalue weighted by Crippen LogP contribution is -2.54. The van der Waals surface area contributed by atoms with Gasteiger partial charge >= 0.3 is 0 Å². The van der Waals surface area contributed by atoms with Crippen LogP contribution in [0.1, 0.15) is 38.5 Å². The zero-order valence-electron chi connectivity index (χ0n) is 7.51. The molecule has 1 aliphatic heterocycles. The minimum Gasteiger partial charge on any atom is -0.300 e. The molecule has 2 aliphatic rings. The number of carbonyl (C=O) groups is 1. The highest BCUT2D eigenvalue weighted by Gasteiger charge is 2.29. The molecule has 1 saturated heterocycles. The molecule has 0 aromatic rings. The fourth-order valence-corrected chi connectivity index (χ4v) is 2.30. The summed E-state index contributed by atoms with van der Waals surface area (Å²) in [6.07, 6.45) is 7.98. The molecule has 68 valence electrons. The Morgan fingerprint density at radius 2 is 2.00 bits per heavy atom. The first kappa shape index (κ1) is 8.24. The third kappa shape index (κ3) is 1.69. The average molecular weight is 167 g/mol. The van der Waals surface area contributed by atoms with Gasteiger partial charge in [0, 0.05) is 0 Å². The highest BCUT2D eigenvalue weighted by atomic mass is 16.1. The number of hydrogen-bond donors (Lipinski definition) is 1. The second-order valence-electron chi connectivity index (χ2n) is 4.14. The van der Waals surface area contributed by atoms with Gasteiger partial charge < -0.3 is 5.32 Å². The SMILES string of the molecule is O=C1CNC1CC1CCCCC1. The second kappa shape index (κ2) is 3.56. The summed E-state index contributed by atoms with van der Waals surface area (Å²) >= 11 is 0. The van der Waals surface area contributed by atoms with Crippen molar-refractivity contribution in [3.05, 3.63) is 0 Å². The standard InChI is InChI=1S/C10H17NO/c12-10-7-11-9(10)6-8-4-2-1-3-5-8/h8-9,11H,1-7H2. The lowest BCUT2D eigenvalue weighted by Gasteiger charge is -2.31. The Bertz CT molecular complexity index is 173. The molecule has 1 aliphatic carbocycles. The van der Waals surface area contributed by atoms with Gasteiger partial charge in [-0.3, -0.25) is 4.79 Å². The van der Waals surface area contributed by atoms with Gasteiger partial charge in [-0.05, 0) is 12.3 Å². The number of rotatable bonds is 2. The van der Waals surface area contributed by atoms with Gasteiger partial charge in [0.15, 0.2) is 5.78 Å². The Kier molecular flexibility index (Phi) is 2.45.